The summed E-state index contributed by atoms with van der Waals surface area (Å²) >= 11 is 2.23. The van der Waals surface area contributed by atoms with Gasteiger partial charge >= 0.3 is 0 Å². The molecule has 4 heteroatoms. The number of nitrogens with zero attached hydrogens (tertiary/aromatic N) is 2. The molecule has 0 amide bonds. The number of pyridine rings is 1. The van der Waals surface area contributed by atoms with Gasteiger partial charge in [-0.15, -0.1) is 0 Å². The van der Waals surface area contributed by atoms with Crippen molar-refractivity contribution in [1.29, 1.82) is 0 Å². The van der Waals surface area contributed by atoms with Gasteiger partial charge in [-0.3, -0.25) is 10.1 Å². The minimum Gasteiger partial charge on any atom is -0.275 e. The Bertz CT molecular complexity index is 370. The molecule has 0 saturated heterocycles. The monoisotopic (exact) mass is 301 g/mol. The Morgan fingerprint density at radius 3 is 2.57 bits per heavy atom. The second-order valence-electron chi connectivity index (χ2n) is 2.31. The van der Waals surface area contributed by atoms with Gasteiger partial charge in [0.2, 0.25) is 0 Å². The van der Waals surface area contributed by atoms with Gasteiger partial charge in [0.1, 0.15) is 0 Å². The van der Waals surface area contributed by atoms with E-state index >= 15 is 0 Å². The summed E-state index contributed by atoms with van der Waals surface area (Å²) in [4.78, 5) is 4.21. The second-order valence-corrected chi connectivity index (χ2v) is 3.47. The molecule has 2 heterocycles. The van der Waals surface area contributed by atoms with E-state index in [-0.39, 0.29) is 0 Å². The van der Waals surface area contributed by atoms with Crippen LogP contribution in [-0.2, 0) is 0 Å². The molecule has 2 rings (SSSR count). The van der Waals surface area contributed by atoms with Gasteiger partial charge in [-0.25, -0.2) is 0 Å². The molecule has 0 saturated carbocycles. The first-order valence-electron chi connectivity index (χ1n) is 4.48. The van der Waals surface area contributed by atoms with E-state index in [0.29, 0.717) is 0 Å². The number of nitrogens with one attached hydrogen (secondary N) is 1. The van der Waals surface area contributed by atoms with Crippen LogP contribution < -0.4 is 0 Å². The predicted octanol–water partition coefficient (Wildman–Crippen LogP) is 3.10. The van der Waals surface area contributed by atoms with E-state index in [1.807, 2.05) is 32.0 Å². The summed E-state index contributed by atoms with van der Waals surface area (Å²) in [6.45, 7) is 4.00. The minimum atomic E-state index is 0.930. The topological polar surface area (TPSA) is 41.6 Å². The zero-order chi connectivity index (χ0) is 10.4. The smallest absolute Gasteiger partial charge is 0.0967 e. The summed E-state index contributed by atoms with van der Waals surface area (Å²) in [5, 5.41) is 6.83. The van der Waals surface area contributed by atoms with Crippen LogP contribution in [0.4, 0.5) is 0 Å². The lowest BCUT2D eigenvalue weighted by molar-refractivity contribution is 1.09. The normalized spacial score (nSPS) is 9.07. The van der Waals surface area contributed by atoms with Crippen molar-refractivity contribution in [1.82, 2.24) is 15.2 Å². The molecule has 14 heavy (non-hydrogen) atoms. The summed E-state index contributed by atoms with van der Waals surface area (Å²) in [5.41, 5.74) is 1.91. The van der Waals surface area contributed by atoms with Crippen molar-refractivity contribution < 1.29 is 0 Å². The standard InChI is InChI=1S/C8H6IN3.C2H6/c9-6-5-11-12-8(6)7-3-1-2-4-10-7;1-2/h1-5H,(H,11,12);1-2H3. The molecule has 0 aromatic carbocycles. The predicted molar refractivity (Wildman–Crippen MR) is 65.9 cm³/mol. The van der Waals surface area contributed by atoms with Crippen molar-refractivity contribution in [2.75, 3.05) is 0 Å². The van der Waals surface area contributed by atoms with Gasteiger partial charge < -0.3 is 0 Å². The first-order chi connectivity index (χ1) is 6.88. The van der Waals surface area contributed by atoms with Gasteiger partial charge in [0.25, 0.3) is 0 Å². The second kappa shape index (κ2) is 5.74. The van der Waals surface area contributed by atoms with E-state index in [4.69, 9.17) is 0 Å². The maximum atomic E-state index is 4.21. The van der Waals surface area contributed by atoms with Crippen LogP contribution in [0.5, 0.6) is 0 Å². The molecule has 0 atom stereocenters. The van der Waals surface area contributed by atoms with Crippen molar-refractivity contribution in [2.45, 2.75) is 13.8 Å². The van der Waals surface area contributed by atoms with Gasteiger partial charge in [0, 0.05) is 6.20 Å². The van der Waals surface area contributed by atoms with Crippen LogP contribution >= 0.6 is 22.6 Å². The number of rotatable bonds is 1. The lowest BCUT2D eigenvalue weighted by Crippen LogP contribution is -1.83. The van der Waals surface area contributed by atoms with E-state index in [0.717, 1.165) is 15.0 Å². The number of aromatic nitrogens is 3. The first-order valence-corrected chi connectivity index (χ1v) is 5.56. The Morgan fingerprint density at radius 2 is 2.07 bits per heavy atom. The molecule has 0 unspecified atom stereocenters. The third-order valence-corrected chi connectivity index (χ3v) is 2.33. The number of H-pyrrole nitrogens is 1. The highest BCUT2D eigenvalue weighted by atomic mass is 127. The molecular formula is C10H12IN3. The lowest BCUT2D eigenvalue weighted by atomic mass is 10.3. The van der Waals surface area contributed by atoms with Crippen LogP contribution in [0.1, 0.15) is 13.8 Å². The zero-order valence-electron chi connectivity index (χ0n) is 8.16. The largest absolute Gasteiger partial charge is 0.275 e. The molecule has 3 nitrogen and oxygen atoms in total. The van der Waals surface area contributed by atoms with Gasteiger partial charge in [0.05, 0.1) is 21.2 Å². The Labute approximate surface area is 97.1 Å². The molecule has 2 aromatic rings. The molecule has 0 radical (unpaired) electrons. The summed E-state index contributed by atoms with van der Waals surface area (Å²) in [6, 6.07) is 5.81. The molecule has 0 aliphatic heterocycles. The van der Waals surface area contributed by atoms with Crippen molar-refractivity contribution in [2.24, 2.45) is 0 Å². The van der Waals surface area contributed by atoms with Crippen LogP contribution in [0.2, 0.25) is 0 Å². The third kappa shape index (κ3) is 2.54. The fourth-order valence-electron chi connectivity index (χ4n) is 0.962. The third-order valence-electron chi connectivity index (χ3n) is 1.51. The van der Waals surface area contributed by atoms with Gasteiger partial charge in [0.15, 0.2) is 0 Å². The molecule has 0 spiro atoms. The molecule has 0 fully saturated rings. The van der Waals surface area contributed by atoms with Crippen molar-refractivity contribution in [3.63, 3.8) is 0 Å². The van der Waals surface area contributed by atoms with Crippen LogP contribution in [-0.4, -0.2) is 15.2 Å². The quantitative estimate of drug-likeness (QED) is 0.822. The Kier molecular flexibility index (Phi) is 4.58. The Morgan fingerprint density at radius 1 is 1.29 bits per heavy atom. The van der Waals surface area contributed by atoms with Crippen molar-refractivity contribution in [3.8, 4) is 11.4 Å². The van der Waals surface area contributed by atoms with Crippen LogP contribution in [0.25, 0.3) is 11.4 Å². The average molecular weight is 301 g/mol. The number of halogens is 1. The highest BCUT2D eigenvalue weighted by molar-refractivity contribution is 14.1. The highest BCUT2D eigenvalue weighted by Crippen LogP contribution is 2.19. The maximum Gasteiger partial charge on any atom is 0.0967 e. The summed E-state index contributed by atoms with van der Waals surface area (Å²) in [7, 11) is 0. The van der Waals surface area contributed by atoms with Gasteiger partial charge in [-0.1, -0.05) is 19.9 Å². The Hall–Kier alpha value is -0.910. The number of hydrogen-bond acceptors (Lipinski definition) is 2. The number of aromatic amines is 1. The van der Waals surface area contributed by atoms with Gasteiger partial charge in [-0.2, -0.15) is 5.10 Å². The minimum absolute atomic E-state index is 0.930. The molecule has 0 aliphatic carbocycles. The first kappa shape index (κ1) is 11.2. The molecular weight excluding hydrogens is 289 g/mol. The number of hydrogen-bond donors (Lipinski definition) is 1. The van der Waals surface area contributed by atoms with Crippen LogP contribution in [0.3, 0.4) is 0 Å². The van der Waals surface area contributed by atoms with Crippen molar-refractivity contribution in [3.05, 3.63) is 34.2 Å². The summed E-state index contributed by atoms with van der Waals surface area (Å²) in [5.74, 6) is 0. The SMILES string of the molecule is CC.Ic1cn[nH]c1-c1ccccn1. The van der Waals surface area contributed by atoms with Gasteiger partial charge in [-0.05, 0) is 34.7 Å². The fourth-order valence-corrected chi connectivity index (χ4v) is 1.50. The summed E-state index contributed by atoms with van der Waals surface area (Å²) < 4.78 is 1.09. The zero-order valence-corrected chi connectivity index (χ0v) is 10.3. The van der Waals surface area contributed by atoms with E-state index in [9.17, 15) is 0 Å². The maximum absolute atomic E-state index is 4.21. The highest BCUT2D eigenvalue weighted by Gasteiger charge is 2.03. The molecule has 0 bridgehead atoms. The molecule has 0 aliphatic rings. The Balaban J connectivity index is 0.000000461. The average Bonchev–Trinajstić information content (AvgIpc) is 2.69. The molecule has 74 valence electrons. The van der Waals surface area contributed by atoms with E-state index in [2.05, 4.69) is 37.8 Å². The van der Waals surface area contributed by atoms with Crippen molar-refractivity contribution >= 4 is 22.6 Å². The van der Waals surface area contributed by atoms with E-state index in [1.54, 1.807) is 12.4 Å². The molecule has 2 aromatic heterocycles. The molecule has 1 N–H and O–H groups in total. The lowest BCUT2D eigenvalue weighted by Gasteiger charge is -1.94. The van der Waals surface area contributed by atoms with Crippen LogP contribution in [0, 0.1) is 3.57 Å². The summed E-state index contributed by atoms with van der Waals surface area (Å²) in [6.07, 6.45) is 3.55. The van der Waals surface area contributed by atoms with Crippen LogP contribution in [0.15, 0.2) is 30.6 Å². The van der Waals surface area contributed by atoms with E-state index in [1.165, 1.54) is 0 Å². The van der Waals surface area contributed by atoms with E-state index < -0.39 is 0 Å². The fraction of sp³-hybridized carbons (Fsp3) is 0.200.